The zero-order chi connectivity index (χ0) is 21.4. The molecular weight excluding hydrogens is 390 g/mol. The van der Waals surface area contributed by atoms with Gasteiger partial charge >= 0.3 is 0 Å². The van der Waals surface area contributed by atoms with Gasteiger partial charge < -0.3 is 9.47 Å². The van der Waals surface area contributed by atoms with Gasteiger partial charge in [0, 0.05) is 6.42 Å². The molecule has 1 unspecified atom stereocenters. The fraction of sp³-hybridized carbons (Fsp3) is 0.440. The number of amides is 1. The molecule has 0 saturated carbocycles. The molecule has 5 rings (SSSR count). The number of benzene rings is 2. The van der Waals surface area contributed by atoms with E-state index in [0.29, 0.717) is 13.0 Å². The average Bonchev–Trinajstić information content (AvgIpc) is 3.42. The number of rotatable bonds is 4. The van der Waals surface area contributed by atoms with E-state index in [1.54, 1.807) is 5.01 Å². The van der Waals surface area contributed by atoms with Gasteiger partial charge in [-0.25, -0.2) is 5.01 Å². The van der Waals surface area contributed by atoms with Crippen LogP contribution in [0.2, 0.25) is 0 Å². The number of hydrazone groups is 1. The van der Waals surface area contributed by atoms with Gasteiger partial charge in [0.05, 0.1) is 18.3 Å². The molecule has 0 N–H and O–H groups in total. The van der Waals surface area contributed by atoms with Gasteiger partial charge in [-0.1, -0.05) is 42.8 Å². The predicted octanol–water partition coefficient (Wildman–Crippen LogP) is 4.13. The molecule has 0 bridgehead atoms. The summed E-state index contributed by atoms with van der Waals surface area (Å²) in [4.78, 5) is 15.6. The van der Waals surface area contributed by atoms with E-state index < -0.39 is 0 Å². The molecule has 1 atom stereocenters. The maximum absolute atomic E-state index is 13.4. The van der Waals surface area contributed by atoms with Crippen LogP contribution in [0.15, 0.2) is 47.6 Å². The molecule has 0 spiro atoms. The lowest BCUT2D eigenvalue weighted by atomic mass is 9.97. The third kappa shape index (κ3) is 4.17. The number of likely N-dealkylation sites (tertiary alicyclic amines) is 1. The molecular formula is C25H29N3O3. The van der Waals surface area contributed by atoms with Crippen molar-refractivity contribution in [3.8, 4) is 11.5 Å². The van der Waals surface area contributed by atoms with Gasteiger partial charge in [-0.05, 0) is 62.0 Å². The lowest BCUT2D eigenvalue weighted by Gasteiger charge is -2.31. The predicted molar refractivity (Wildman–Crippen MR) is 119 cm³/mol. The first-order chi connectivity index (χ1) is 15.1. The molecule has 0 radical (unpaired) electrons. The number of nitrogens with zero attached hydrogens (tertiary/aromatic N) is 3. The highest BCUT2D eigenvalue weighted by Gasteiger charge is 2.35. The van der Waals surface area contributed by atoms with Crippen molar-refractivity contribution < 1.29 is 14.3 Å². The van der Waals surface area contributed by atoms with Crippen molar-refractivity contribution >= 4 is 11.6 Å². The minimum atomic E-state index is -0.137. The molecule has 3 aliphatic heterocycles. The number of carbonyl (C=O) groups is 1. The Morgan fingerprint density at radius 2 is 1.81 bits per heavy atom. The van der Waals surface area contributed by atoms with Crippen LogP contribution < -0.4 is 9.47 Å². The van der Waals surface area contributed by atoms with Crippen LogP contribution in [0.3, 0.4) is 0 Å². The fourth-order valence-electron chi connectivity index (χ4n) is 4.52. The minimum Gasteiger partial charge on any atom is -0.454 e. The van der Waals surface area contributed by atoms with Crippen molar-refractivity contribution in [2.75, 3.05) is 26.4 Å². The van der Waals surface area contributed by atoms with Gasteiger partial charge in [0.15, 0.2) is 11.5 Å². The molecule has 3 heterocycles. The number of ether oxygens (including phenoxy) is 2. The first kappa shape index (κ1) is 20.1. The van der Waals surface area contributed by atoms with Crippen molar-refractivity contribution in [1.82, 2.24) is 9.91 Å². The van der Waals surface area contributed by atoms with Gasteiger partial charge in [0.1, 0.15) is 0 Å². The maximum atomic E-state index is 13.4. The summed E-state index contributed by atoms with van der Waals surface area (Å²) in [5, 5.41) is 6.52. The molecule has 6 heteroatoms. The SMILES string of the molecule is Cc1ccc(C2=NN(C(=O)CN3CCC(C)CC3)C(c3ccc4c(c3)OCO4)C2)cc1. The lowest BCUT2D eigenvalue weighted by molar-refractivity contribution is -0.134. The highest BCUT2D eigenvalue weighted by molar-refractivity contribution is 6.03. The number of aryl methyl sites for hydroxylation is 1. The van der Waals surface area contributed by atoms with E-state index in [0.717, 1.165) is 60.2 Å². The molecule has 6 nitrogen and oxygen atoms in total. The Kier molecular flexibility index (Phi) is 5.40. The fourth-order valence-corrected chi connectivity index (χ4v) is 4.52. The van der Waals surface area contributed by atoms with Crippen molar-refractivity contribution in [3.05, 3.63) is 59.2 Å². The molecule has 0 aliphatic carbocycles. The Labute approximate surface area is 183 Å². The zero-order valence-electron chi connectivity index (χ0n) is 18.2. The number of carbonyl (C=O) groups excluding carboxylic acids is 1. The average molecular weight is 420 g/mol. The van der Waals surface area contributed by atoms with Crippen LogP contribution in [0, 0.1) is 12.8 Å². The largest absolute Gasteiger partial charge is 0.454 e. The minimum absolute atomic E-state index is 0.0549. The van der Waals surface area contributed by atoms with E-state index in [2.05, 4.69) is 43.0 Å². The molecule has 162 valence electrons. The summed E-state index contributed by atoms with van der Waals surface area (Å²) >= 11 is 0. The first-order valence-corrected chi connectivity index (χ1v) is 11.2. The maximum Gasteiger partial charge on any atom is 0.257 e. The lowest BCUT2D eigenvalue weighted by Crippen LogP contribution is -2.41. The Morgan fingerprint density at radius 3 is 2.58 bits per heavy atom. The van der Waals surface area contributed by atoms with E-state index in [1.807, 2.05) is 18.2 Å². The quantitative estimate of drug-likeness (QED) is 0.748. The van der Waals surface area contributed by atoms with Gasteiger partial charge in [0.25, 0.3) is 5.91 Å². The third-order valence-corrected chi connectivity index (χ3v) is 6.57. The van der Waals surface area contributed by atoms with Gasteiger partial charge in [-0.3, -0.25) is 9.69 Å². The molecule has 1 saturated heterocycles. The normalized spacial score (nSPS) is 21.4. The molecule has 1 amide bonds. The van der Waals surface area contributed by atoms with Crippen LogP contribution in [-0.2, 0) is 4.79 Å². The number of fused-ring (bicyclic) bond motifs is 1. The Bertz CT molecular complexity index is 994. The van der Waals surface area contributed by atoms with E-state index >= 15 is 0 Å². The highest BCUT2D eigenvalue weighted by atomic mass is 16.7. The standard InChI is InChI=1S/C25H29N3O3/c1-17-3-5-19(6-4-17)21-14-22(20-7-8-23-24(13-20)31-16-30-23)28(26-21)25(29)15-27-11-9-18(2)10-12-27/h3-8,13,18,22H,9-12,14-16H2,1-2H3. The van der Waals surface area contributed by atoms with Crippen LogP contribution >= 0.6 is 0 Å². The Balaban J connectivity index is 1.41. The summed E-state index contributed by atoms with van der Waals surface area (Å²) in [6, 6.07) is 14.2. The summed E-state index contributed by atoms with van der Waals surface area (Å²) in [6.45, 7) is 6.97. The molecule has 3 aliphatic rings. The number of piperidine rings is 1. The van der Waals surface area contributed by atoms with Crippen LogP contribution in [0.1, 0.15) is 48.9 Å². The Morgan fingerprint density at radius 1 is 1.06 bits per heavy atom. The van der Waals surface area contributed by atoms with Gasteiger partial charge in [0.2, 0.25) is 6.79 Å². The van der Waals surface area contributed by atoms with Crippen LogP contribution in [0.25, 0.3) is 0 Å². The van der Waals surface area contributed by atoms with Crippen molar-refractivity contribution in [1.29, 1.82) is 0 Å². The second-order valence-corrected chi connectivity index (χ2v) is 8.94. The highest BCUT2D eigenvalue weighted by Crippen LogP contribution is 2.39. The van der Waals surface area contributed by atoms with E-state index in [1.165, 1.54) is 5.56 Å². The van der Waals surface area contributed by atoms with Crippen LogP contribution in [-0.4, -0.2) is 48.0 Å². The Hall–Kier alpha value is -2.86. The van der Waals surface area contributed by atoms with E-state index in [9.17, 15) is 4.79 Å². The van der Waals surface area contributed by atoms with E-state index in [-0.39, 0.29) is 18.7 Å². The summed E-state index contributed by atoms with van der Waals surface area (Å²) in [5.74, 6) is 2.28. The van der Waals surface area contributed by atoms with Crippen LogP contribution in [0.5, 0.6) is 11.5 Å². The topological polar surface area (TPSA) is 54.4 Å². The first-order valence-electron chi connectivity index (χ1n) is 11.2. The molecule has 1 fully saturated rings. The number of hydrogen-bond donors (Lipinski definition) is 0. The second-order valence-electron chi connectivity index (χ2n) is 8.94. The van der Waals surface area contributed by atoms with E-state index in [4.69, 9.17) is 14.6 Å². The molecule has 31 heavy (non-hydrogen) atoms. The van der Waals surface area contributed by atoms with Crippen molar-refractivity contribution in [2.45, 2.75) is 39.2 Å². The molecule has 2 aromatic carbocycles. The number of hydrogen-bond acceptors (Lipinski definition) is 5. The zero-order valence-corrected chi connectivity index (χ0v) is 18.2. The summed E-state index contributed by atoms with van der Waals surface area (Å²) in [6.07, 6.45) is 2.99. The monoisotopic (exact) mass is 419 g/mol. The van der Waals surface area contributed by atoms with Crippen molar-refractivity contribution in [2.24, 2.45) is 11.0 Å². The summed E-state index contributed by atoms with van der Waals surface area (Å²) < 4.78 is 11.0. The van der Waals surface area contributed by atoms with Gasteiger partial charge in [-0.15, -0.1) is 0 Å². The van der Waals surface area contributed by atoms with Crippen LogP contribution in [0.4, 0.5) is 0 Å². The molecule has 2 aromatic rings. The summed E-state index contributed by atoms with van der Waals surface area (Å²) in [7, 11) is 0. The molecule has 0 aromatic heterocycles. The van der Waals surface area contributed by atoms with Crippen molar-refractivity contribution in [3.63, 3.8) is 0 Å². The second kappa shape index (κ2) is 8.35. The summed E-state index contributed by atoms with van der Waals surface area (Å²) in [5.41, 5.74) is 4.25. The van der Waals surface area contributed by atoms with Gasteiger partial charge in [-0.2, -0.15) is 5.10 Å². The smallest absolute Gasteiger partial charge is 0.257 e. The third-order valence-electron chi connectivity index (χ3n) is 6.57.